The normalized spacial score (nSPS) is 10.3. The van der Waals surface area contributed by atoms with Crippen molar-refractivity contribution in [3.05, 3.63) is 41.6 Å². The van der Waals surface area contributed by atoms with Gasteiger partial charge in [0.15, 0.2) is 5.78 Å². The quantitative estimate of drug-likeness (QED) is 0.779. The van der Waals surface area contributed by atoms with Crippen LogP contribution >= 0.6 is 0 Å². The van der Waals surface area contributed by atoms with Crippen molar-refractivity contribution in [3.8, 4) is 0 Å². The predicted molar refractivity (Wildman–Crippen MR) is 58.7 cm³/mol. The number of carbonyl (C=O) groups excluding carboxylic acids is 1. The Morgan fingerprint density at radius 1 is 1.19 bits per heavy atom. The summed E-state index contributed by atoms with van der Waals surface area (Å²) < 4.78 is 0. The van der Waals surface area contributed by atoms with Gasteiger partial charge in [-0.1, -0.05) is 12.1 Å². The number of Topliss-reactive ketones (excluding diaryl/α,β-unsaturated/α-hetero) is 1. The summed E-state index contributed by atoms with van der Waals surface area (Å²) in [6.07, 6.45) is 1.43. The molecule has 2 aromatic rings. The van der Waals surface area contributed by atoms with Crippen molar-refractivity contribution >= 4 is 22.7 Å². The summed E-state index contributed by atoms with van der Waals surface area (Å²) in [7, 11) is 0. The lowest BCUT2D eigenvalue weighted by Crippen LogP contribution is -2.03. The molecule has 4 nitrogen and oxygen atoms in total. The third-order valence-corrected chi connectivity index (χ3v) is 2.38. The van der Waals surface area contributed by atoms with Crippen molar-refractivity contribution in [2.45, 2.75) is 6.92 Å². The molecule has 16 heavy (non-hydrogen) atoms. The van der Waals surface area contributed by atoms with Gasteiger partial charge in [-0.3, -0.25) is 9.78 Å². The van der Waals surface area contributed by atoms with Crippen molar-refractivity contribution in [2.75, 3.05) is 0 Å². The molecular formula is C12H9NO3. The van der Waals surface area contributed by atoms with E-state index in [-0.39, 0.29) is 11.3 Å². The van der Waals surface area contributed by atoms with Gasteiger partial charge in [-0.15, -0.1) is 0 Å². The maximum absolute atomic E-state index is 11.4. The lowest BCUT2D eigenvalue weighted by Gasteiger charge is -2.05. The molecule has 0 radical (unpaired) electrons. The number of carboxylic acid groups (broad SMARTS) is 1. The fourth-order valence-electron chi connectivity index (χ4n) is 1.68. The predicted octanol–water partition coefficient (Wildman–Crippen LogP) is 2.14. The number of pyridine rings is 1. The number of aromatic carboxylic acids is 1. The summed E-state index contributed by atoms with van der Waals surface area (Å²) >= 11 is 0. The molecule has 0 saturated heterocycles. The maximum atomic E-state index is 11.4. The van der Waals surface area contributed by atoms with Crippen LogP contribution in [0.4, 0.5) is 0 Å². The first kappa shape index (κ1) is 10.3. The highest BCUT2D eigenvalue weighted by Gasteiger charge is 2.14. The fourth-order valence-corrected chi connectivity index (χ4v) is 1.68. The van der Waals surface area contributed by atoms with Crippen LogP contribution < -0.4 is 0 Å². The fraction of sp³-hybridized carbons (Fsp3) is 0.0833. The molecular weight excluding hydrogens is 206 g/mol. The molecule has 0 saturated carbocycles. The Morgan fingerprint density at radius 3 is 2.56 bits per heavy atom. The van der Waals surface area contributed by atoms with E-state index in [9.17, 15) is 9.59 Å². The highest BCUT2D eigenvalue weighted by atomic mass is 16.4. The highest BCUT2D eigenvalue weighted by molar-refractivity contribution is 6.13. The first-order valence-electron chi connectivity index (χ1n) is 4.73. The van der Waals surface area contributed by atoms with E-state index >= 15 is 0 Å². The van der Waals surface area contributed by atoms with Gasteiger partial charge in [0.1, 0.15) is 0 Å². The molecule has 4 heteroatoms. The zero-order chi connectivity index (χ0) is 11.7. The third kappa shape index (κ3) is 1.54. The molecule has 1 aromatic carbocycles. The largest absolute Gasteiger partial charge is 0.478 e. The number of fused-ring (bicyclic) bond motifs is 1. The lowest BCUT2D eigenvalue weighted by atomic mass is 10.0. The number of nitrogens with zero attached hydrogens (tertiary/aromatic N) is 1. The smallest absolute Gasteiger partial charge is 0.336 e. The van der Waals surface area contributed by atoms with E-state index in [4.69, 9.17) is 5.11 Å². The van der Waals surface area contributed by atoms with E-state index in [1.807, 2.05) is 0 Å². The summed E-state index contributed by atoms with van der Waals surface area (Å²) in [5, 5.41) is 9.46. The summed E-state index contributed by atoms with van der Waals surface area (Å²) in [4.78, 5) is 26.5. The number of carboxylic acids is 1. The molecule has 0 aliphatic heterocycles. The average Bonchev–Trinajstić information content (AvgIpc) is 2.27. The molecule has 2 rings (SSSR count). The second-order valence-electron chi connectivity index (χ2n) is 3.42. The van der Waals surface area contributed by atoms with Crippen LogP contribution in [0.2, 0.25) is 0 Å². The van der Waals surface area contributed by atoms with Crippen LogP contribution in [0.25, 0.3) is 10.9 Å². The van der Waals surface area contributed by atoms with Gasteiger partial charge in [0.2, 0.25) is 0 Å². The minimum atomic E-state index is -1.05. The lowest BCUT2D eigenvalue weighted by molar-refractivity contribution is 0.0699. The molecule has 0 aliphatic carbocycles. The van der Waals surface area contributed by atoms with E-state index in [1.165, 1.54) is 19.2 Å². The maximum Gasteiger partial charge on any atom is 0.336 e. The average molecular weight is 215 g/mol. The number of aromatic nitrogens is 1. The molecule has 0 fully saturated rings. The molecule has 0 unspecified atom stereocenters. The molecule has 1 heterocycles. The number of carbonyl (C=O) groups is 2. The van der Waals surface area contributed by atoms with E-state index < -0.39 is 5.97 Å². The highest BCUT2D eigenvalue weighted by Crippen LogP contribution is 2.21. The third-order valence-electron chi connectivity index (χ3n) is 2.38. The van der Waals surface area contributed by atoms with Crippen LogP contribution in [0.3, 0.4) is 0 Å². The van der Waals surface area contributed by atoms with Gasteiger partial charge in [-0.05, 0) is 19.1 Å². The summed E-state index contributed by atoms with van der Waals surface area (Å²) in [5.74, 6) is -1.22. The molecule has 80 valence electrons. The SMILES string of the molecule is CC(=O)c1cccc2nccc(C(=O)O)c12. The van der Waals surface area contributed by atoms with Gasteiger partial charge in [0.05, 0.1) is 11.1 Å². The Hall–Kier alpha value is -2.23. The van der Waals surface area contributed by atoms with Gasteiger partial charge in [0, 0.05) is 17.1 Å². The Morgan fingerprint density at radius 2 is 1.94 bits per heavy atom. The topological polar surface area (TPSA) is 67.3 Å². The van der Waals surface area contributed by atoms with Gasteiger partial charge >= 0.3 is 5.97 Å². The van der Waals surface area contributed by atoms with E-state index in [0.717, 1.165) is 0 Å². The van der Waals surface area contributed by atoms with E-state index in [0.29, 0.717) is 16.5 Å². The van der Waals surface area contributed by atoms with Crippen molar-refractivity contribution in [1.29, 1.82) is 0 Å². The van der Waals surface area contributed by atoms with Crippen molar-refractivity contribution in [1.82, 2.24) is 4.98 Å². The molecule has 0 amide bonds. The van der Waals surface area contributed by atoms with Gasteiger partial charge in [-0.2, -0.15) is 0 Å². The molecule has 0 bridgehead atoms. The molecule has 0 atom stereocenters. The summed E-state index contributed by atoms with van der Waals surface area (Å²) in [6.45, 7) is 1.41. The van der Waals surface area contributed by atoms with E-state index in [1.54, 1.807) is 18.2 Å². The Labute approximate surface area is 91.5 Å². The molecule has 1 N–H and O–H groups in total. The van der Waals surface area contributed by atoms with Crippen LogP contribution in [0.5, 0.6) is 0 Å². The summed E-state index contributed by atoms with van der Waals surface area (Å²) in [6, 6.07) is 6.39. The zero-order valence-corrected chi connectivity index (χ0v) is 8.60. The first-order chi connectivity index (χ1) is 7.61. The van der Waals surface area contributed by atoms with Gasteiger partial charge < -0.3 is 5.11 Å². The molecule has 1 aromatic heterocycles. The van der Waals surface area contributed by atoms with Crippen LogP contribution in [-0.4, -0.2) is 21.8 Å². The van der Waals surface area contributed by atoms with Gasteiger partial charge in [-0.25, -0.2) is 4.79 Å². The first-order valence-corrected chi connectivity index (χ1v) is 4.73. The van der Waals surface area contributed by atoms with Crippen LogP contribution in [0.1, 0.15) is 27.6 Å². The van der Waals surface area contributed by atoms with Crippen molar-refractivity contribution < 1.29 is 14.7 Å². The van der Waals surface area contributed by atoms with Crippen LogP contribution in [0, 0.1) is 0 Å². The Kier molecular flexibility index (Phi) is 2.40. The minimum Gasteiger partial charge on any atom is -0.478 e. The van der Waals surface area contributed by atoms with Crippen molar-refractivity contribution in [2.24, 2.45) is 0 Å². The number of hydrogen-bond acceptors (Lipinski definition) is 3. The van der Waals surface area contributed by atoms with E-state index in [2.05, 4.69) is 4.98 Å². The zero-order valence-electron chi connectivity index (χ0n) is 8.60. The number of hydrogen-bond donors (Lipinski definition) is 1. The molecule has 0 aliphatic rings. The number of benzene rings is 1. The minimum absolute atomic E-state index is 0.107. The Bertz CT molecular complexity index is 541. The standard InChI is InChI=1S/C12H9NO3/c1-7(14)8-3-2-4-10-11(8)9(12(15)16)5-6-13-10/h2-6H,1H3,(H,15,16). The molecule has 0 spiro atoms. The Balaban J connectivity index is 2.92. The van der Waals surface area contributed by atoms with Crippen LogP contribution in [-0.2, 0) is 0 Å². The van der Waals surface area contributed by atoms with Crippen molar-refractivity contribution in [3.63, 3.8) is 0 Å². The number of rotatable bonds is 2. The second kappa shape index (κ2) is 3.73. The van der Waals surface area contributed by atoms with Gasteiger partial charge in [0.25, 0.3) is 0 Å². The van der Waals surface area contributed by atoms with Crippen LogP contribution in [0.15, 0.2) is 30.5 Å². The second-order valence-corrected chi connectivity index (χ2v) is 3.42. The summed E-state index contributed by atoms with van der Waals surface area (Å²) in [5.41, 5.74) is 1.02. The monoisotopic (exact) mass is 215 g/mol. The number of ketones is 1.